The first-order valence-electron chi connectivity index (χ1n) is 7.54. The lowest BCUT2D eigenvalue weighted by Gasteiger charge is -2.21. The van der Waals surface area contributed by atoms with Gasteiger partial charge in [-0.15, -0.1) is 11.6 Å². The molecule has 2 aromatic rings. The first kappa shape index (κ1) is 15.9. The monoisotopic (exact) mass is 303 g/mol. The Hall–Kier alpha value is -1.53. The molecular weight excluding hydrogens is 282 g/mol. The van der Waals surface area contributed by atoms with Gasteiger partial charge in [0.2, 0.25) is 0 Å². The summed E-state index contributed by atoms with van der Waals surface area (Å²) in [6.07, 6.45) is 2.24. The van der Waals surface area contributed by atoms with Crippen LogP contribution in [-0.4, -0.2) is 9.55 Å². The molecule has 0 bridgehead atoms. The molecule has 0 saturated heterocycles. The molecule has 0 amide bonds. The number of hydrogen-bond acceptors (Lipinski definition) is 2. The van der Waals surface area contributed by atoms with Crippen molar-refractivity contribution in [3.8, 4) is 6.07 Å². The maximum Gasteiger partial charge on any atom is 0.128 e. The van der Waals surface area contributed by atoms with Gasteiger partial charge in [0.05, 0.1) is 16.5 Å². The molecule has 1 heterocycles. The zero-order chi connectivity index (χ0) is 15.6. The van der Waals surface area contributed by atoms with Gasteiger partial charge in [-0.05, 0) is 38.3 Å². The van der Waals surface area contributed by atoms with Crippen LogP contribution in [0.25, 0.3) is 11.0 Å². The Morgan fingerprint density at radius 2 is 2.05 bits per heavy atom. The Morgan fingerprint density at radius 3 is 2.62 bits per heavy atom. The molecule has 1 aromatic heterocycles. The van der Waals surface area contributed by atoms with Gasteiger partial charge in [0.1, 0.15) is 17.4 Å². The molecule has 0 aliphatic rings. The third kappa shape index (κ3) is 3.06. The van der Waals surface area contributed by atoms with Crippen LogP contribution in [0.3, 0.4) is 0 Å². The number of aromatic nitrogens is 2. The summed E-state index contributed by atoms with van der Waals surface area (Å²) >= 11 is 6.32. The van der Waals surface area contributed by atoms with Crippen LogP contribution < -0.4 is 0 Å². The molecule has 112 valence electrons. The molecule has 4 heteroatoms. The summed E-state index contributed by atoms with van der Waals surface area (Å²) in [5.41, 5.74) is 2.38. The van der Waals surface area contributed by atoms with Crippen LogP contribution in [0.1, 0.15) is 63.3 Å². The molecule has 0 fully saturated rings. The summed E-state index contributed by atoms with van der Waals surface area (Å²) in [5.74, 6) is 1.50. The zero-order valence-electron chi connectivity index (χ0n) is 13.1. The van der Waals surface area contributed by atoms with Crippen molar-refractivity contribution in [1.29, 1.82) is 5.26 Å². The minimum atomic E-state index is -0.177. The summed E-state index contributed by atoms with van der Waals surface area (Å²) in [6, 6.07) is 8.28. The molecule has 0 saturated carbocycles. The average Bonchev–Trinajstić information content (AvgIpc) is 2.86. The molecule has 3 nitrogen and oxygen atoms in total. The molecule has 1 aromatic carbocycles. The van der Waals surface area contributed by atoms with E-state index in [4.69, 9.17) is 11.6 Å². The number of halogens is 1. The smallest absolute Gasteiger partial charge is 0.128 e. The van der Waals surface area contributed by atoms with E-state index in [-0.39, 0.29) is 5.38 Å². The van der Waals surface area contributed by atoms with E-state index in [2.05, 4.69) is 36.4 Å². The highest BCUT2D eigenvalue weighted by Crippen LogP contribution is 2.32. The second-order valence-electron chi connectivity index (χ2n) is 5.84. The van der Waals surface area contributed by atoms with E-state index in [1.807, 2.05) is 25.1 Å². The third-order valence-corrected chi connectivity index (χ3v) is 4.30. The van der Waals surface area contributed by atoms with Crippen LogP contribution in [0.2, 0.25) is 0 Å². The SMILES string of the molecule is CCC(C)CC(C)n1c(C(C)Cl)nc2c(C#N)cccc21. The fraction of sp³-hybridized carbons (Fsp3) is 0.529. The van der Waals surface area contributed by atoms with Gasteiger partial charge in [-0.3, -0.25) is 0 Å². The highest BCUT2D eigenvalue weighted by molar-refractivity contribution is 6.20. The molecular formula is C17H22ClN3. The van der Waals surface area contributed by atoms with Crippen molar-refractivity contribution in [1.82, 2.24) is 9.55 Å². The highest BCUT2D eigenvalue weighted by atomic mass is 35.5. The molecule has 0 spiro atoms. The predicted octanol–water partition coefficient (Wildman–Crippen LogP) is 5.20. The average molecular weight is 304 g/mol. The van der Waals surface area contributed by atoms with Crippen LogP contribution >= 0.6 is 11.6 Å². The summed E-state index contributed by atoms with van der Waals surface area (Å²) in [7, 11) is 0. The maximum absolute atomic E-state index is 9.26. The lowest BCUT2D eigenvalue weighted by molar-refractivity contribution is 0.397. The van der Waals surface area contributed by atoms with Crippen LogP contribution in [0, 0.1) is 17.2 Å². The first-order chi connectivity index (χ1) is 9.99. The fourth-order valence-corrected chi connectivity index (χ4v) is 2.98. The number of fused-ring (bicyclic) bond motifs is 1. The van der Waals surface area contributed by atoms with Gasteiger partial charge in [-0.2, -0.15) is 5.26 Å². The third-order valence-electron chi connectivity index (χ3n) is 4.10. The second kappa shape index (κ2) is 6.49. The molecule has 3 atom stereocenters. The van der Waals surface area contributed by atoms with E-state index < -0.39 is 0 Å². The zero-order valence-corrected chi connectivity index (χ0v) is 13.9. The molecule has 0 N–H and O–H groups in total. The Balaban J connectivity index is 2.60. The molecule has 0 aliphatic heterocycles. The normalized spacial score (nSPS) is 15.6. The number of para-hydroxylation sites is 1. The second-order valence-corrected chi connectivity index (χ2v) is 6.49. The molecule has 0 aliphatic carbocycles. The van der Waals surface area contributed by atoms with Crippen LogP contribution in [0.15, 0.2) is 18.2 Å². The van der Waals surface area contributed by atoms with Gasteiger partial charge in [-0.25, -0.2) is 4.98 Å². The van der Waals surface area contributed by atoms with Crippen molar-refractivity contribution in [3.63, 3.8) is 0 Å². The summed E-state index contributed by atoms with van der Waals surface area (Å²) < 4.78 is 2.21. The number of hydrogen-bond donors (Lipinski definition) is 0. The van der Waals surface area contributed by atoms with Crippen molar-refractivity contribution in [2.45, 2.75) is 52.0 Å². The van der Waals surface area contributed by atoms with E-state index >= 15 is 0 Å². The Morgan fingerprint density at radius 1 is 1.33 bits per heavy atom. The maximum atomic E-state index is 9.26. The minimum Gasteiger partial charge on any atom is -0.324 e. The van der Waals surface area contributed by atoms with E-state index in [0.717, 1.165) is 29.7 Å². The first-order valence-corrected chi connectivity index (χ1v) is 7.98. The van der Waals surface area contributed by atoms with Crippen LogP contribution in [0.5, 0.6) is 0 Å². The minimum absolute atomic E-state index is 0.177. The number of imidazole rings is 1. The standard InChI is InChI=1S/C17H22ClN3/c1-5-11(2)9-12(3)21-15-8-6-7-14(10-19)16(15)20-17(21)13(4)18/h6-8,11-13H,5,9H2,1-4H3. The molecule has 3 unspecified atom stereocenters. The predicted molar refractivity (Wildman–Crippen MR) is 87.5 cm³/mol. The van der Waals surface area contributed by atoms with Gasteiger partial charge >= 0.3 is 0 Å². The molecule has 21 heavy (non-hydrogen) atoms. The van der Waals surface area contributed by atoms with Crippen molar-refractivity contribution in [3.05, 3.63) is 29.6 Å². The van der Waals surface area contributed by atoms with Gasteiger partial charge in [0, 0.05) is 6.04 Å². The van der Waals surface area contributed by atoms with Crippen molar-refractivity contribution < 1.29 is 0 Å². The quantitative estimate of drug-likeness (QED) is 0.712. The van der Waals surface area contributed by atoms with E-state index in [0.29, 0.717) is 17.5 Å². The Labute approximate surface area is 131 Å². The van der Waals surface area contributed by atoms with Gasteiger partial charge in [0.15, 0.2) is 0 Å². The van der Waals surface area contributed by atoms with Gasteiger partial charge < -0.3 is 4.57 Å². The number of benzene rings is 1. The van der Waals surface area contributed by atoms with Gasteiger partial charge in [0.25, 0.3) is 0 Å². The fourth-order valence-electron chi connectivity index (χ4n) is 2.82. The Bertz CT molecular complexity index is 666. The summed E-state index contributed by atoms with van der Waals surface area (Å²) in [4.78, 5) is 4.65. The largest absolute Gasteiger partial charge is 0.324 e. The topological polar surface area (TPSA) is 41.6 Å². The van der Waals surface area contributed by atoms with Crippen LogP contribution in [0.4, 0.5) is 0 Å². The van der Waals surface area contributed by atoms with Crippen molar-refractivity contribution in [2.75, 3.05) is 0 Å². The summed E-state index contributed by atoms with van der Waals surface area (Å²) in [6.45, 7) is 8.61. The highest BCUT2D eigenvalue weighted by Gasteiger charge is 2.21. The van der Waals surface area contributed by atoms with E-state index in [1.165, 1.54) is 0 Å². The number of nitriles is 1. The van der Waals surface area contributed by atoms with Crippen molar-refractivity contribution in [2.24, 2.45) is 5.92 Å². The Kier molecular flexibility index (Phi) is 4.90. The van der Waals surface area contributed by atoms with Gasteiger partial charge in [-0.1, -0.05) is 26.3 Å². The lowest BCUT2D eigenvalue weighted by atomic mass is 10.00. The summed E-state index contributed by atoms with van der Waals surface area (Å²) in [5, 5.41) is 9.09. The van der Waals surface area contributed by atoms with Crippen molar-refractivity contribution >= 4 is 22.6 Å². The molecule has 0 radical (unpaired) electrons. The lowest BCUT2D eigenvalue weighted by Crippen LogP contribution is -2.12. The number of nitrogens with zero attached hydrogens (tertiary/aromatic N) is 3. The molecule has 2 rings (SSSR count). The van der Waals surface area contributed by atoms with E-state index in [9.17, 15) is 5.26 Å². The van der Waals surface area contributed by atoms with E-state index in [1.54, 1.807) is 0 Å². The van der Waals surface area contributed by atoms with Crippen LogP contribution in [-0.2, 0) is 0 Å². The number of rotatable bonds is 5. The number of alkyl halides is 1.